The molecule has 1 aromatic rings. The Hall–Kier alpha value is -2.33. The molecule has 0 radical (unpaired) electrons. The Balaban J connectivity index is 1.53. The van der Waals surface area contributed by atoms with Crippen LogP contribution in [0.3, 0.4) is 0 Å². The summed E-state index contributed by atoms with van der Waals surface area (Å²) in [5.41, 5.74) is 2.17. The van der Waals surface area contributed by atoms with Gasteiger partial charge in [0.2, 0.25) is 0 Å². The first kappa shape index (κ1) is 23.8. The molecule has 4 fully saturated rings. The number of carbonyl (C=O) groups is 1. The minimum absolute atomic E-state index is 0.00759. The molecule has 33 heavy (non-hydrogen) atoms. The van der Waals surface area contributed by atoms with E-state index in [4.69, 9.17) is 4.74 Å². The molecule has 0 amide bonds. The van der Waals surface area contributed by atoms with E-state index in [1.807, 2.05) is 6.07 Å². The first-order valence-corrected chi connectivity index (χ1v) is 13.2. The van der Waals surface area contributed by atoms with Gasteiger partial charge in [-0.25, -0.2) is 0 Å². The molecule has 2 bridgehead atoms. The molecule has 0 unspecified atom stereocenters. The van der Waals surface area contributed by atoms with Gasteiger partial charge in [0.05, 0.1) is 11.5 Å². The van der Waals surface area contributed by atoms with Gasteiger partial charge >= 0.3 is 5.97 Å². The van der Waals surface area contributed by atoms with Gasteiger partial charge < -0.3 is 4.74 Å². The van der Waals surface area contributed by atoms with E-state index in [2.05, 4.69) is 26.0 Å². The van der Waals surface area contributed by atoms with Crippen LogP contribution in [0.5, 0.6) is 5.75 Å². The third kappa shape index (κ3) is 4.55. The summed E-state index contributed by atoms with van der Waals surface area (Å²) < 4.78 is 5.77. The second kappa shape index (κ2) is 9.89. The van der Waals surface area contributed by atoms with Crippen LogP contribution in [-0.2, 0) is 10.2 Å². The van der Waals surface area contributed by atoms with Gasteiger partial charge in [0, 0.05) is 0 Å². The van der Waals surface area contributed by atoms with Crippen molar-refractivity contribution in [3.8, 4) is 17.9 Å². The molecule has 0 saturated heterocycles. The van der Waals surface area contributed by atoms with Crippen molar-refractivity contribution in [3.63, 3.8) is 0 Å². The SMILES string of the molecule is CCCC1CCC(C(=O)Oc2ccc(C34CCC(CCC)(CC3)CC4)c(C#N)c2C#N)CC1. The number of nitriles is 2. The van der Waals surface area contributed by atoms with Gasteiger partial charge in [0.15, 0.2) is 0 Å². The molecular weight excluding hydrogens is 408 g/mol. The number of esters is 1. The predicted molar refractivity (Wildman–Crippen MR) is 129 cm³/mol. The third-order valence-electron chi connectivity index (χ3n) is 9.23. The lowest BCUT2D eigenvalue weighted by atomic mass is 9.50. The van der Waals surface area contributed by atoms with Crippen LogP contribution in [0.1, 0.15) is 120 Å². The van der Waals surface area contributed by atoms with E-state index in [1.165, 1.54) is 44.9 Å². The number of fused-ring (bicyclic) bond motifs is 3. The monoisotopic (exact) mass is 446 g/mol. The molecule has 4 aliphatic carbocycles. The number of rotatable bonds is 7. The molecule has 0 aromatic heterocycles. The van der Waals surface area contributed by atoms with E-state index in [0.717, 1.165) is 56.4 Å². The van der Waals surface area contributed by atoms with Crippen molar-refractivity contribution < 1.29 is 9.53 Å². The molecule has 4 saturated carbocycles. The summed E-state index contributed by atoms with van der Waals surface area (Å²) in [4.78, 5) is 12.9. The fourth-order valence-electron chi connectivity index (χ4n) is 7.20. The van der Waals surface area contributed by atoms with Gasteiger partial charge in [-0.1, -0.05) is 39.2 Å². The minimum atomic E-state index is -0.240. The summed E-state index contributed by atoms with van der Waals surface area (Å²) in [6, 6.07) is 8.30. The van der Waals surface area contributed by atoms with Crippen molar-refractivity contribution in [1.29, 1.82) is 10.5 Å². The number of hydrogen-bond acceptors (Lipinski definition) is 4. The zero-order chi connectivity index (χ0) is 23.5. The molecule has 0 N–H and O–H groups in total. The number of hydrogen-bond donors (Lipinski definition) is 0. The Labute approximate surface area is 199 Å². The van der Waals surface area contributed by atoms with Gasteiger partial charge in [0.1, 0.15) is 23.5 Å². The number of carbonyl (C=O) groups excluding carboxylic acids is 1. The fraction of sp³-hybridized carbons (Fsp3) is 0.690. The highest BCUT2D eigenvalue weighted by Gasteiger charge is 2.49. The van der Waals surface area contributed by atoms with E-state index in [0.29, 0.717) is 11.0 Å². The summed E-state index contributed by atoms with van der Waals surface area (Å²) in [6.45, 7) is 4.48. The van der Waals surface area contributed by atoms with Crippen LogP contribution in [0.25, 0.3) is 0 Å². The van der Waals surface area contributed by atoms with Crippen molar-refractivity contribution in [3.05, 3.63) is 28.8 Å². The van der Waals surface area contributed by atoms with Crippen LogP contribution in [0.2, 0.25) is 0 Å². The Morgan fingerprint density at radius 3 is 2.12 bits per heavy atom. The molecule has 4 nitrogen and oxygen atoms in total. The average Bonchev–Trinajstić information content (AvgIpc) is 2.85. The highest BCUT2D eigenvalue weighted by molar-refractivity contribution is 5.76. The van der Waals surface area contributed by atoms with Crippen molar-refractivity contribution in [2.75, 3.05) is 0 Å². The van der Waals surface area contributed by atoms with Crippen LogP contribution in [0.4, 0.5) is 0 Å². The summed E-state index contributed by atoms with van der Waals surface area (Å²) in [6.07, 6.45) is 15.7. The quantitative estimate of drug-likeness (QED) is 0.324. The lowest BCUT2D eigenvalue weighted by molar-refractivity contribution is -0.140. The van der Waals surface area contributed by atoms with Crippen molar-refractivity contribution in [2.24, 2.45) is 17.3 Å². The first-order chi connectivity index (χ1) is 16.0. The normalized spacial score (nSPS) is 30.9. The predicted octanol–water partition coefficient (Wildman–Crippen LogP) is 7.33. The third-order valence-corrected chi connectivity index (χ3v) is 9.23. The molecule has 4 aliphatic rings. The molecule has 4 heteroatoms. The molecule has 0 heterocycles. The van der Waals surface area contributed by atoms with Crippen molar-refractivity contribution in [2.45, 2.75) is 109 Å². The zero-order valence-corrected chi connectivity index (χ0v) is 20.4. The summed E-state index contributed by atoms with van der Waals surface area (Å²) in [5.74, 6) is 0.647. The Morgan fingerprint density at radius 2 is 1.58 bits per heavy atom. The zero-order valence-electron chi connectivity index (χ0n) is 20.4. The summed E-state index contributed by atoms with van der Waals surface area (Å²) in [5, 5.41) is 20.0. The van der Waals surface area contributed by atoms with Crippen LogP contribution in [0.15, 0.2) is 12.1 Å². The van der Waals surface area contributed by atoms with E-state index in [-0.39, 0.29) is 28.6 Å². The summed E-state index contributed by atoms with van der Waals surface area (Å²) >= 11 is 0. The van der Waals surface area contributed by atoms with Gasteiger partial charge in [-0.15, -0.1) is 0 Å². The number of ether oxygens (including phenoxy) is 1. The van der Waals surface area contributed by atoms with Gasteiger partial charge in [-0.3, -0.25) is 4.79 Å². The molecule has 5 rings (SSSR count). The Bertz CT molecular complexity index is 935. The summed E-state index contributed by atoms with van der Waals surface area (Å²) in [7, 11) is 0. The van der Waals surface area contributed by atoms with Crippen molar-refractivity contribution in [1.82, 2.24) is 0 Å². The Kier molecular flexibility index (Phi) is 7.13. The van der Waals surface area contributed by atoms with E-state index in [9.17, 15) is 15.3 Å². The van der Waals surface area contributed by atoms with Crippen LogP contribution < -0.4 is 4.74 Å². The van der Waals surface area contributed by atoms with E-state index >= 15 is 0 Å². The first-order valence-electron chi connectivity index (χ1n) is 13.2. The lowest BCUT2D eigenvalue weighted by Gasteiger charge is -2.54. The standard InChI is InChI=1S/C29H38N2O2/c1-3-5-21-6-8-22(9-7-21)27(32)33-26-11-10-25(23(19-30)24(26)20-31)29-16-13-28(12-4-2,14-17-29)15-18-29/h10-11,21-22H,3-9,12-18H2,1-2H3. The maximum atomic E-state index is 12.9. The largest absolute Gasteiger partial charge is 0.425 e. The highest BCUT2D eigenvalue weighted by atomic mass is 16.5. The molecule has 176 valence electrons. The fourth-order valence-corrected chi connectivity index (χ4v) is 7.20. The van der Waals surface area contributed by atoms with Gasteiger partial charge in [-0.05, 0) is 99.0 Å². The maximum Gasteiger partial charge on any atom is 0.314 e. The number of nitrogens with zero attached hydrogens (tertiary/aromatic N) is 2. The van der Waals surface area contributed by atoms with Crippen LogP contribution in [0, 0.1) is 39.9 Å². The minimum Gasteiger partial charge on any atom is -0.425 e. The molecular formula is C29H38N2O2. The van der Waals surface area contributed by atoms with Crippen molar-refractivity contribution >= 4 is 5.97 Å². The smallest absolute Gasteiger partial charge is 0.314 e. The molecule has 1 aromatic carbocycles. The number of benzene rings is 1. The second-order valence-corrected chi connectivity index (χ2v) is 11.0. The van der Waals surface area contributed by atoms with Crippen LogP contribution in [-0.4, -0.2) is 5.97 Å². The second-order valence-electron chi connectivity index (χ2n) is 11.0. The molecule has 0 spiro atoms. The molecule has 0 aliphatic heterocycles. The lowest BCUT2D eigenvalue weighted by Crippen LogP contribution is -2.44. The Morgan fingerprint density at radius 1 is 0.939 bits per heavy atom. The van der Waals surface area contributed by atoms with Gasteiger partial charge in [-0.2, -0.15) is 10.5 Å². The van der Waals surface area contributed by atoms with Gasteiger partial charge in [0.25, 0.3) is 0 Å². The average molecular weight is 447 g/mol. The molecule has 0 atom stereocenters. The van der Waals surface area contributed by atoms with Crippen LogP contribution >= 0.6 is 0 Å². The highest BCUT2D eigenvalue weighted by Crippen LogP contribution is 2.60. The topological polar surface area (TPSA) is 73.9 Å². The maximum absolute atomic E-state index is 12.9. The van der Waals surface area contributed by atoms with E-state index in [1.54, 1.807) is 6.07 Å². The van der Waals surface area contributed by atoms with E-state index < -0.39 is 0 Å².